The molecule has 1 aromatic carbocycles. The molecule has 0 unspecified atom stereocenters. The van der Waals surface area contributed by atoms with Crippen LogP contribution in [0.2, 0.25) is 0 Å². The van der Waals surface area contributed by atoms with Gasteiger partial charge in [-0.2, -0.15) is 0 Å². The van der Waals surface area contributed by atoms with Crippen molar-refractivity contribution < 1.29 is 4.79 Å². The Kier molecular flexibility index (Phi) is 4.65. The standard InChI is InChI=1S/C16H25N3O/c1-12(2)18(3)16(20)11-19-8-4-5-14-9-13(10-17)6-7-15(14)19/h6-7,9,12H,4-5,8,10-11,17H2,1-3H3. The maximum Gasteiger partial charge on any atom is 0.242 e. The first-order chi connectivity index (χ1) is 9.52. The number of hydrogen-bond acceptors (Lipinski definition) is 3. The molecule has 0 radical (unpaired) electrons. The Morgan fingerprint density at radius 2 is 2.20 bits per heavy atom. The van der Waals surface area contributed by atoms with E-state index < -0.39 is 0 Å². The molecule has 20 heavy (non-hydrogen) atoms. The zero-order valence-corrected chi connectivity index (χ0v) is 12.7. The molecule has 1 aliphatic rings. The number of aryl methyl sites for hydroxylation is 1. The van der Waals surface area contributed by atoms with Crippen LogP contribution in [0.5, 0.6) is 0 Å². The van der Waals surface area contributed by atoms with Crippen LogP contribution in [0.25, 0.3) is 0 Å². The van der Waals surface area contributed by atoms with Gasteiger partial charge in [0.05, 0.1) is 6.54 Å². The zero-order chi connectivity index (χ0) is 14.7. The predicted molar refractivity (Wildman–Crippen MR) is 82.8 cm³/mol. The smallest absolute Gasteiger partial charge is 0.242 e. The number of benzene rings is 1. The van der Waals surface area contributed by atoms with Crippen LogP contribution in [0.3, 0.4) is 0 Å². The minimum atomic E-state index is 0.177. The maximum absolute atomic E-state index is 12.2. The van der Waals surface area contributed by atoms with Crippen LogP contribution in [0.1, 0.15) is 31.4 Å². The molecule has 0 spiro atoms. The van der Waals surface area contributed by atoms with E-state index in [4.69, 9.17) is 5.73 Å². The van der Waals surface area contributed by atoms with Gasteiger partial charge in [-0.1, -0.05) is 12.1 Å². The average Bonchev–Trinajstić information content (AvgIpc) is 2.45. The first-order valence-electron chi connectivity index (χ1n) is 7.35. The molecule has 0 fully saturated rings. The number of likely N-dealkylation sites (N-methyl/N-ethyl adjacent to an activating group) is 1. The lowest BCUT2D eigenvalue weighted by atomic mass is 9.99. The van der Waals surface area contributed by atoms with Gasteiger partial charge in [0.2, 0.25) is 5.91 Å². The van der Waals surface area contributed by atoms with Crippen molar-refractivity contribution in [1.82, 2.24) is 4.90 Å². The molecule has 2 N–H and O–H groups in total. The molecule has 1 amide bonds. The van der Waals surface area contributed by atoms with Crippen LogP contribution < -0.4 is 10.6 Å². The first-order valence-corrected chi connectivity index (χ1v) is 7.35. The molecule has 0 saturated heterocycles. The van der Waals surface area contributed by atoms with Crippen LogP contribution in [0.15, 0.2) is 18.2 Å². The second-order valence-corrected chi connectivity index (χ2v) is 5.79. The van der Waals surface area contributed by atoms with Crippen molar-refractivity contribution in [2.75, 3.05) is 25.0 Å². The van der Waals surface area contributed by atoms with E-state index in [1.54, 1.807) is 0 Å². The molecule has 0 bridgehead atoms. The van der Waals surface area contributed by atoms with E-state index >= 15 is 0 Å². The number of nitrogens with zero attached hydrogens (tertiary/aromatic N) is 2. The first kappa shape index (κ1) is 14.9. The van der Waals surface area contributed by atoms with Crippen LogP contribution in [0.4, 0.5) is 5.69 Å². The van der Waals surface area contributed by atoms with Gasteiger partial charge in [-0.3, -0.25) is 4.79 Å². The maximum atomic E-state index is 12.2. The topological polar surface area (TPSA) is 49.6 Å². The summed E-state index contributed by atoms with van der Waals surface area (Å²) in [5, 5.41) is 0. The predicted octanol–water partition coefficient (Wildman–Crippen LogP) is 1.76. The molecule has 2 rings (SSSR count). The lowest BCUT2D eigenvalue weighted by Crippen LogP contribution is -2.43. The molecule has 1 heterocycles. The third-order valence-electron chi connectivity index (χ3n) is 4.09. The Labute approximate surface area is 121 Å². The third-order valence-corrected chi connectivity index (χ3v) is 4.09. The van der Waals surface area contributed by atoms with Crippen molar-refractivity contribution in [3.63, 3.8) is 0 Å². The van der Waals surface area contributed by atoms with E-state index in [2.05, 4.69) is 23.1 Å². The van der Waals surface area contributed by atoms with Gasteiger partial charge in [0, 0.05) is 31.9 Å². The third kappa shape index (κ3) is 3.12. The van der Waals surface area contributed by atoms with Crippen LogP contribution in [-0.4, -0.2) is 37.0 Å². The minimum Gasteiger partial charge on any atom is -0.362 e. The van der Waals surface area contributed by atoms with Gasteiger partial charge in [-0.25, -0.2) is 0 Å². The molecule has 0 atom stereocenters. The Bertz CT molecular complexity index is 485. The number of amides is 1. The zero-order valence-electron chi connectivity index (χ0n) is 12.7. The molecule has 1 aromatic rings. The van der Waals surface area contributed by atoms with E-state index in [1.807, 2.05) is 25.8 Å². The van der Waals surface area contributed by atoms with Gasteiger partial charge < -0.3 is 15.5 Å². The highest BCUT2D eigenvalue weighted by atomic mass is 16.2. The number of anilines is 1. The van der Waals surface area contributed by atoms with Gasteiger partial charge in [0.15, 0.2) is 0 Å². The normalized spacial score (nSPS) is 14.3. The highest BCUT2D eigenvalue weighted by molar-refractivity contribution is 5.82. The molecule has 0 saturated carbocycles. The summed E-state index contributed by atoms with van der Waals surface area (Å²) in [7, 11) is 1.87. The van der Waals surface area contributed by atoms with Gasteiger partial charge in [-0.15, -0.1) is 0 Å². The summed E-state index contributed by atoms with van der Waals surface area (Å²) in [5.74, 6) is 0.177. The summed E-state index contributed by atoms with van der Waals surface area (Å²) in [6, 6.07) is 6.59. The summed E-state index contributed by atoms with van der Waals surface area (Å²) >= 11 is 0. The van der Waals surface area contributed by atoms with Gasteiger partial charge in [0.25, 0.3) is 0 Å². The van der Waals surface area contributed by atoms with Crippen LogP contribution in [0, 0.1) is 0 Å². The van der Waals surface area contributed by atoms with Crippen molar-refractivity contribution in [3.8, 4) is 0 Å². The highest BCUT2D eigenvalue weighted by Crippen LogP contribution is 2.28. The Balaban J connectivity index is 2.14. The SMILES string of the molecule is CC(C)N(C)C(=O)CN1CCCc2cc(CN)ccc21. The fourth-order valence-corrected chi connectivity index (χ4v) is 2.58. The molecule has 4 nitrogen and oxygen atoms in total. The monoisotopic (exact) mass is 275 g/mol. The minimum absolute atomic E-state index is 0.177. The van der Waals surface area contributed by atoms with Crippen molar-refractivity contribution in [3.05, 3.63) is 29.3 Å². The van der Waals surface area contributed by atoms with Crippen molar-refractivity contribution in [2.45, 2.75) is 39.3 Å². The van der Waals surface area contributed by atoms with E-state index in [9.17, 15) is 4.79 Å². The largest absolute Gasteiger partial charge is 0.362 e. The fraction of sp³-hybridized carbons (Fsp3) is 0.562. The quantitative estimate of drug-likeness (QED) is 0.911. The van der Waals surface area contributed by atoms with Crippen molar-refractivity contribution in [2.24, 2.45) is 5.73 Å². The molecule has 0 aliphatic carbocycles. The van der Waals surface area contributed by atoms with Gasteiger partial charge >= 0.3 is 0 Å². The van der Waals surface area contributed by atoms with Crippen molar-refractivity contribution in [1.29, 1.82) is 0 Å². The van der Waals surface area contributed by atoms with E-state index in [0.717, 1.165) is 24.9 Å². The summed E-state index contributed by atoms with van der Waals surface area (Å²) in [6.45, 7) is 6.06. The number of fused-ring (bicyclic) bond motifs is 1. The molecular formula is C16H25N3O. The Hall–Kier alpha value is -1.55. The molecule has 4 heteroatoms. The summed E-state index contributed by atoms with van der Waals surface area (Å²) in [4.78, 5) is 16.3. The second-order valence-electron chi connectivity index (χ2n) is 5.79. The number of rotatable bonds is 4. The second kappa shape index (κ2) is 6.27. The molecule has 0 aromatic heterocycles. The molecular weight excluding hydrogens is 250 g/mol. The van der Waals surface area contributed by atoms with Gasteiger partial charge in [-0.05, 0) is 43.9 Å². The van der Waals surface area contributed by atoms with Crippen LogP contribution in [-0.2, 0) is 17.8 Å². The van der Waals surface area contributed by atoms with E-state index in [1.165, 1.54) is 11.3 Å². The Morgan fingerprint density at radius 1 is 1.45 bits per heavy atom. The summed E-state index contributed by atoms with van der Waals surface area (Å²) in [5.41, 5.74) is 9.37. The highest BCUT2D eigenvalue weighted by Gasteiger charge is 2.21. The molecule has 110 valence electrons. The Morgan fingerprint density at radius 3 is 2.85 bits per heavy atom. The number of hydrogen-bond donors (Lipinski definition) is 1. The van der Waals surface area contributed by atoms with Crippen molar-refractivity contribution >= 4 is 11.6 Å². The lowest BCUT2D eigenvalue weighted by Gasteiger charge is -2.33. The van der Waals surface area contributed by atoms with E-state index in [-0.39, 0.29) is 11.9 Å². The number of nitrogens with two attached hydrogens (primary N) is 1. The number of carbonyl (C=O) groups excluding carboxylic acids is 1. The molecule has 1 aliphatic heterocycles. The summed E-state index contributed by atoms with van der Waals surface area (Å²) in [6.07, 6.45) is 2.17. The van der Waals surface area contributed by atoms with E-state index in [0.29, 0.717) is 13.1 Å². The lowest BCUT2D eigenvalue weighted by molar-refractivity contribution is -0.129. The van der Waals surface area contributed by atoms with Gasteiger partial charge in [0.1, 0.15) is 0 Å². The fourth-order valence-electron chi connectivity index (χ4n) is 2.58. The van der Waals surface area contributed by atoms with Crippen LogP contribution >= 0.6 is 0 Å². The summed E-state index contributed by atoms with van der Waals surface area (Å²) < 4.78 is 0. The average molecular weight is 275 g/mol. The number of carbonyl (C=O) groups is 1.